The van der Waals surface area contributed by atoms with Crippen LogP contribution in [0.15, 0.2) is 0 Å². The Hall–Kier alpha value is -0.850. The minimum absolute atomic E-state index is 0.0700. The van der Waals surface area contributed by atoms with Crippen LogP contribution in [-0.2, 0) is 6.54 Å². The molecule has 0 aromatic carbocycles. The molecular weight excluding hydrogens is 286 g/mol. The van der Waals surface area contributed by atoms with Crippen molar-refractivity contribution in [2.45, 2.75) is 38.6 Å². The zero-order valence-corrected chi connectivity index (χ0v) is 14.1. The fourth-order valence-corrected chi connectivity index (χ4v) is 3.84. The first-order valence-corrected chi connectivity index (χ1v) is 8.44. The Morgan fingerprint density at radius 1 is 1.33 bits per heavy atom. The highest BCUT2D eigenvalue weighted by molar-refractivity contribution is 7.15. The van der Waals surface area contributed by atoms with Crippen molar-refractivity contribution in [2.75, 3.05) is 39.3 Å². The zero-order valence-electron chi connectivity index (χ0n) is 13.3. The molecular formula is C15H27N3O2S. The molecule has 1 saturated carbocycles. The van der Waals surface area contributed by atoms with Gasteiger partial charge in [-0.05, 0) is 12.8 Å². The predicted octanol–water partition coefficient (Wildman–Crippen LogP) is 2.25. The molecule has 1 fully saturated rings. The van der Waals surface area contributed by atoms with Gasteiger partial charge in [0.1, 0.15) is 0 Å². The van der Waals surface area contributed by atoms with Crippen LogP contribution in [0.1, 0.15) is 37.0 Å². The van der Waals surface area contributed by atoms with Crippen molar-refractivity contribution in [3.63, 3.8) is 0 Å². The summed E-state index contributed by atoms with van der Waals surface area (Å²) in [7, 11) is 5.63. The monoisotopic (exact) mass is 313 g/mol. The number of rotatable bonds is 7. The molecule has 1 aromatic heterocycles. The molecule has 0 bridgehead atoms. The minimum atomic E-state index is 0.0700. The molecule has 0 amide bonds. The summed E-state index contributed by atoms with van der Waals surface area (Å²) in [5.74, 6) is 0.706. The second kappa shape index (κ2) is 7.42. The van der Waals surface area contributed by atoms with Crippen molar-refractivity contribution in [1.82, 2.24) is 10.3 Å². The van der Waals surface area contributed by atoms with Gasteiger partial charge in [-0.25, -0.2) is 0 Å². The molecule has 0 saturated heterocycles. The molecule has 0 aliphatic heterocycles. The number of nitrogens with zero attached hydrogens (tertiary/aromatic N) is 2. The van der Waals surface area contributed by atoms with Crippen molar-refractivity contribution in [3.05, 3.63) is 4.88 Å². The molecule has 5 nitrogen and oxygen atoms in total. The van der Waals surface area contributed by atoms with E-state index in [1.54, 1.807) is 18.4 Å². The van der Waals surface area contributed by atoms with Gasteiger partial charge in [-0.3, -0.25) is 0 Å². The van der Waals surface area contributed by atoms with Gasteiger partial charge in [0.15, 0.2) is 5.13 Å². The maximum Gasteiger partial charge on any atom is 0.230 e. The minimum Gasteiger partial charge on any atom is -0.480 e. The molecule has 120 valence electrons. The lowest BCUT2D eigenvalue weighted by Crippen LogP contribution is -2.38. The zero-order chi connectivity index (χ0) is 15.3. The van der Waals surface area contributed by atoms with E-state index in [4.69, 9.17) is 4.74 Å². The van der Waals surface area contributed by atoms with E-state index in [0.717, 1.165) is 35.9 Å². The summed E-state index contributed by atoms with van der Waals surface area (Å²) in [6.45, 7) is 1.89. The molecule has 6 heteroatoms. The first kappa shape index (κ1) is 16.5. The van der Waals surface area contributed by atoms with Crippen LogP contribution in [0.2, 0.25) is 0 Å². The number of thiazole rings is 1. The van der Waals surface area contributed by atoms with Gasteiger partial charge in [-0.1, -0.05) is 30.6 Å². The Balaban J connectivity index is 1.93. The summed E-state index contributed by atoms with van der Waals surface area (Å²) < 4.78 is 5.35. The van der Waals surface area contributed by atoms with Gasteiger partial charge in [0.2, 0.25) is 5.88 Å². The molecule has 2 rings (SSSR count). The summed E-state index contributed by atoms with van der Waals surface area (Å²) in [5.41, 5.74) is 0.0700. The molecule has 1 aliphatic carbocycles. The Morgan fingerprint density at radius 3 is 2.62 bits per heavy atom. The lowest BCUT2D eigenvalue weighted by Gasteiger charge is -2.35. The lowest BCUT2D eigenvalue weighted by atomic mass is 9.74. The molecule has 21 heavy (non-hydrogen) atoms. The first-order chi connectivity index (χ1) is 10.1. The summed E-state index contributed by atoms with van der Waals surface area (Å²) >= 11 is 1.65. The summed E-state index contributed by atoms with van der Waals surface area (Å²) in [6.07, 6.45) is 6.02. The number of hydrogen-bond donors (Lipinski definition) is 2. The van der Waals surface area contributed by atoms with Gasteiger partial charge < -0.3 is 20.1 Å². The molecule has 0 atom stereocenters. The van der Waals surface area contributed by atoms with Crippen LogP contribution >= 0.6 is 11.3 Å². The van der Waals surface area contributed by atoms with Gasteiger partial charge in [0.05, 0.1) is 12.0 Å². The first-order valence-electron chi connectivity index (χ1n) is 7.63. The molecule has 1 aliphatic rings. The highest BCUT2D eigenvalue weighted by atomic mass is 32.1. The third kappa shape index (κ3) is 4.08. The topological polar surface area (TPSA) is 57.6 Å². The van der Waals surface area contributed by atoms with Crippen LogP contribution in [0.3, 0.4) is 0 Å². The van der Waals surface area contributed by atoms with Crippen molar-refractivity contribution >= 4 is 16.5 Å². The lowest BCUT2D eigenvalue weighted by molar-refractivity contribution is 0.0811. The van der Waals surface area contributed by atoms with E-state index in [1.165, 1.54) is 19.3 Å². The quantitative estimate of drug-likeness (QED) is 0.808. The van der Waals surface area contributed by atoms with E-state index < -0.39 is 0 Å². The van der Waals surface area contributed by atoms with E-state index in [-0.39, 0.29) is 12.0 Å². The predicted molar refractivity (Wildman–Crippen MR) is 87.3 cm³/mol. The van der Waals surface area contributed by atoms with Crippen molar-refractivity contribution < 1.29 is 9.84 Å². The maximum absolute atomic E-state index is 9.74. The highest BCUT2D eigenvalue weighted by Crippen LogP contribution is 2.36. The number of anilines is 1. The Morgan fingerprint density at radius 2 is 2.05 bits per heavy atom. The molecule has 0 unspecified atom stereocenters. The Labute approximate surface area is 131 Å². The van der Waals surface area contributed by atoms with E-state index in [1.807, 2.05) is 19.0 Å². The number of ether oxygens (including phenoxy) is 1. The van der Waals surface area contributed by atoms with Crippen LogP contribution in [0.4, 0.5) is 5.13 Å². The van der Waals surface area contributed by atoms with Gasteiger partial charge in [-0.2, -0.15) is 4.98 Å². The standard InChI is InChI=1S/C15H27N3O2S/c1-18(2)14-17-13(20-3)12(21-14)9-16-10-15(11-19)7-5-4-6-8-15/h16,19H,4-11H2,1-3H3. The van der Waals surface area contributed by atoms with Gasteiger partial charge in [-0.15, -0.1) is 0 Å². The maximum atomic E-state index is 9.74. The SMILES string of the molecule is COc1nc(N(C)C)sc1CNCC1(CO)CCCCC1. The normalized spacial score (nSPS) is 17.7. The van der Waals surface area contributed by atoms with Crippen LogP contribution in [0.25, 0.3) is 0 Å². The Bertz CT molecular complexity index is 442. The average molecular weight is 313 g/mol. The van der Waals surface area contributed by atoms with Crippen molar-refractivity contribution in [1.29, 1.82) is 0 Å². The van der Waals surface area contributed by atoms with E-state index in [9.17, 15) is 5.11 Å². The molecule has 0 radical (unpaired) electrons. The van der Waals surface area contributed by atoms with Gasteiger partial charge in [0.25, 0.3) is 0 Å². The van der Waals surface area contributed by atoms with E-state index in [2.05, 4.69) is 10.3 Å². The third-order valence-corrected chi connectivity index (χ3v) is 5.47. The number of aromatic nitrogens is 1. The number of aliphatic hydroxyl groups is 1. The second-order valence-electron chi connectivity index (χ2n) is 6.15. The Kier molecular flexibility index (Phi) is 5.84. The number of aliphatic hydroxyl groups excluding tert-OH is 1. The summed E-state index contributed by atoms with van der Waals surface area (Å²) in [6, 6.07) is 0. The van der Waals surface area contributed by atoms with Gasteiger partial charge in [0, 0.05) is 39.2 Å². The van der Waals surface area contributed by atoms with Crippen LogP contribution in [0.5, 0.6) is 5.88 Å². The fourth-order valence-electron chi connectivity index (χ4n) is 2.92. The summed E-state index contributed by atoms with van der Waals surface area (Å²) in [4.78, 5) is 7.57. The number of nitrogens with one attached hydrogen (secondary N) is 1. The molecule has 0 spiro atoms. The summed E-state index contributed by atoms with van der Waals surface area (Å²) in [5, 5.41) is 14.2. The second-order valence-corrected chi connectivity index (χ2v) is 7.21. The van der Waals surface area contributed by atoms with Gasteiger partial charge >= 0.3 is 0 Å². The fraction of sp³-hybridized carbons (Fsp3) is 0.800. The third-order valence-electron chi connectivity index (χ3n) is 4.26. The molecule has 2 N–H and O–H groups in total. The van der Waals surface area contributed by atoms with Crippen LogP contribution in [-0.4, -0.2) is 44.4 Å². The molecule has 1 heterocycles. The van der Waals surface area contributed by atoms with Crippen LogP contribution < -0.4 is 15.0 Å². The number of hydrogen-bond acceptors (Lipinski definition) is 6. The average Bonchev–Trinajstić information content (AvgIpc) is 2.92. The van der Waals surface area contributed by atoms with Crippen molar-refractivity contribution in [3.8, 4) is 5.88 Å². The largest absolute Gasteiger partial charge is 0.480 e. The molecule has 1 aromatic rings. The van der Waals surface area contributed by atoms with Crippen molar-refractivity contribution in [2.24, 2.45) is 5.41 Å². The van der Waals surface area contributed by atoms with E-state index >= 15 is 0 Å². The van der Waals surface area contributed by atoms with Crippen LogP contribution in [0, 0.1) is 5.41 Å². The smallest absolute Gasteiger partial charge is 0.230 e. The highest BCUT2D eigenvalue weighted by Gasteiger charge is 2.31. The number of methoxy groups -OCH3 is 1. The van der Waals surface area contributed by atoms with E-state index in [0.29, 0.717) is 5.88 Å².